The third kappa shape index (κ3) is 6.55. The van der Waals surface area contributed by atoms with E-state index in [1.165, 1.54) is 19.0 Å². The number of aryl methyl sites for hydroxylation is 1. The molecule has 1 atom stereocenters. The second-order valence-electron chi connectivity index (χ2n) is 7.90. The highest BCUT2D eigenvalue weighted by atomic mass is 32.2. The van der Waals surface area contributed by atoms with E-state index in [1.54, 1.807) is 30.3 Å². The van der Waals surface area contributed by atoms with Gasteiger partial charge in [0.15, 0.2) is 0 Å². The molecule has 0 aliphatic rings. The van der Waals surface area contributed by atoms with Gasteiger partial charge in [0, 0.05) is 27.2 Å². The molecule has 0 aromatic heterocycles. The number of carbonyl (C=O) groups excluding carboxylic acids is 2. The number of likely N-dealkylation sites (N-methyl/N-ethyl adjacent to an activating group) is 1. The highest BCUT2D eigenvalue weighted by molar-refractivity contribution is 7.90. The van der Waals surface area contributed by atoms with E-state index in [0.717, 1.165) is 19.7 Å². The van der Waals surface area contributed by atoms with Crippen LogP contribution in [0.15, 0.2) is 54.6 Å². The van der Waals surface area contributed by atoms with Crippen LogP contribution in [0, 0.1) is 6.92 Å². The molecule has 1 N–H and O–H groups in total. The zero-order chi connectivity index (χ0) is 24.6. The van der Waals surface area contributed by atoms with Gasteiger partial charge in [0.25, 0.3) is 0 Å². The van der Waals surface area contributed by atoms with Crippen molar-refractivity contribution in [2.45, 2.75) is 39.8 Å². The number of benzene rings is 2. The molecule has 33 heavy (non-hydrogen) atoms. The van der Waals surface area contributed by atoms with Crippen molar-refractivity contribution in [3.05, 3.63) is 65.7 Å². The number of nitrogens with one attached hydrogen (secondary N) is 1. The fraction of sp³-hybridized carbons (Fsp3) is 0.417. The van der Waals surface area contributed by atoms with E-state index >= 15 is 0 Å². The molecule has 2 aromatic rings. The lowest BCUT2D eigenvalue weighted by Crippen LogP contribution is -2.53. The van der Waals surface area contributed by atoms with Crippen LogP contribution in [0.25, 0.3) is 0 Å². The van der Waals surface area contributed by atoms with Crippen molar-refractivity contribution in [2.24, 2.45) is 0 Å². The summed E-state index contributed by atoms with van der Waals surface area (Å²) in [5, 5.41) is 2.79. The molecule has 0 fully saturated rings. The lowest BCUT2D eigenvalue weighted by atomic mass is 10.1. The van der Waals surface area contributed by atoms with Gasteiger partial charge in [0.2, 0.25) is 11.8 Å². The number of rotatable bonds is 11. The van der Waals surface area contributed by atoms with Crippen LogP contribution in [-0.4, -0.2) is 62.7 Å². The average Bonchev–Trinajstić information content (AvgIpc) is 2.79. The van der Waals surface area contributed by atoms with Gasteiger partial charge in [-0.25, -0.2) is 4.31 Å². The minimum Gasteiger partial charge on any atom is -0.355 e. The van der Waals surface area contributed by atoms with Crippen molar-refractivity contribution in [1.29, 1.82) is 0 Å². The first-order valence-corrected chi connectivity index (χ1v) is 12.4. The molecular weight excluding hydrogens is 440 g/mol. The van der Waals surface area contributed by atoms with Crippen LogP contribution in [0.1, 0.15) is 31.4 Å². The molecule has 0 aliphatic carbocycles. The second-order valence-corrected chi connectivity index (χ2v) is 9.97. The number of amides is 2. The molecule has 2 amide bonds. The van der Waals surface area contributed by atoms with Crippen LogP contribution in [0.5, 0.6) is 0 Å². The summed E-state index contributed by atoms with van der Waals surface area (Å²) in [4.78, 5) is 27.9. The van der Waals surface area contributed by atoms with E-state index in [9.17, 15) is 18.0 Å². The Bertz CT molecular complexity index is 1040. The van der Waals surface area contributed by atoms with Crippen LogP contribution in [0.4, 0.5) is 5.69 Å². The molecule has 9 heteroatoms. The quantitative estimate of drug-likeness (QED) is 0.542. The Labute approximate surface area is 197 Å². The molecule has 8 nitrogen and oxygen atoms in total. The number of carbonyl (C=O) groups is 2. The van der Waals surface area contributed by atoms with Crippen LogP contribution >= 0.6 is 0 Å². The Morgan fingerprint density at radius 3 is 2.12 bits per heavy atom. The first-order valence-electron chi connectivity index (χ1n) is 11.0. The van der Waals surface area contributed by atoms with Gasteiger partial charge >= 0.3 is 10.2 Å². The van der Waals surface area contributed by atoms with Gasteiger partial charge in [0.05, 0.1) is 5.69 Å². The van der Waals surface area contributed by atoms with Crippen molar-refractivity contribution in [3.8, 4) is 0 Å². The lowest BCUT2D eigenvalue weighted by molar-refractivity contribution is -0.140. The number of hydrogen-bond acceptors (Lipinski definition) is 4. The largest absolute Gasteiger partial charge is 0.355 e. The zero-order valence-electron chi connectivity index (χ0n) is 20.0. The van der Waals surface area contributed by atoms with Crippen molar-refractivity contribution < 1.29 is 18.0 Å². The van der Waals surface area contributed by atoms with Crippen LogP contribution in [0.3, 0.4) is 0 Å². The number of nitrogens with zero attached hydrogens (tertiary/aromatic N) is 3. The maximum absolute atomic E-state index is 13.6. The Hall–Kier alpha value is -2.91. The van der Waals surface area contributed by atoms with E-state index in [-0.39, 0.29) is 12.5 Å². The van der Waals surface area contributed by atoms with Gasteiger partial charge in [-0.05, 0) is 43.5 Å². The normalized spacial score (nSPS) is 12.3. The Morgan fingerprint density at radius 1 is 0.970 bits per heavy atom. The molecule has 0 unspecified atom stereocenters. The van der Waals surface area contributed by atoms with E-state index in [2.05, 4.69) is 5.32 Å². The van der Waals surface area contributed by atoms with Crippen molar-refractivity contribution in [2.75, 3.05) is 31.5 Å². The van der Waals surface area contributed by atoms with Gasteiger partial charge in [-0.15, -0.1) is 0 Å². The van der Waals surface area contributed by atoms with E-state index in [0.29, 0.717) is 18.7 Å². The number of hydrogen-bond donors (Lipinski definition) is 1. The smallest absolute Gasteiger partial charge is 0.304 e. The summed E-state index contributed by atoms with van der Waals surface area (Å²) in [6.07, 6.45) is 0.398. The summed E-state index contributed by atoms with van der Waals surface area (Å²) < 4.78 is 28.3. The SMILES string of the molecule is CCNC(=O)[C@H](CC)N(Cc1ccccc1C)C(=O)CN(c1ccccc1)S(=O)(=O)N(C)C. The van der Waals surface area contributed by atoms with Gasteiger partial charge in [-0.3, -0.25) is 9.59 Å². The Balaban J connectivity index is 2.48. The fourth-order valence-corrected chi connectivity index (χ4v) is 4.55. The first-order chi connectivity index (χ1) is 15.6. The summed E-state index contributed by atoms with van der Waals surface area (Å²) >= 11 is 0. The van der Waals surface area contributed by atoms with Crippen LogP contribution in [-0.2, 0) is 26.3 Å². The third-order valence-corrected chi connectivity index (χ3v) is 7.22. The highest BCUT2D eigenvalue weighted by Gasteiger charge is 2.33. The molecule has 180 valence electrons. The number of anilines is 1. The molecule has 0 aliphatic heterocycles. The molecule has 0 radical (unpaired) electrons. The van der Waals surface area contributed by atoms with Crippen molar-refractivity contribution in [3.63, 3.8) is 0 Å². The minimum absolute atomic E-state index is 0.200. The maximum Gasteiger partial charge on any atom is 0.304 e. The Kier molecular flexibility index (Phi) is 9.43. The summed E-state index contributed by atoms with van der Waals surface area (Å²) in [5.74, 6) is -0.714. The average molecular weight is 475 g/mol. The molecule has 2 rings (SSSR count). The molecule has 0 spiro atoms. The van der Waals surface area contributed by atoms with Crippen molar-refractivity contribution >= 4 is 27.7 Å². The minimum atomic E-state index is -3.95. The summed E-state index contributed by atoms with van der Waals surface area (Å²) in [7, 11) is -1.10. The van der Waals surface area contributed by atoms with Gasteiger partial charge in [-0.2, -0.15) is 12.7 Å². The first kappa shape index (κ1) is 26.3. The monoisotopic (exact) mass is 474 g/mol. The molecule has 0 heterocycles. The molecule has 0 saturated heterocycles. The predicted octanol–water partition coefficient (Wildman–Crippen LogP) is 2.55. The van der Waals surface area contributed by atoms with Gasteiger partial charge < -0.3 is 10.2 Å². The summed E-state index contributed by atoms with van der Waals surface area (Å²) in [6.45, 7) is 5.81. The van der Waals surface area contributed by atoms with E-state index < -0.39 is 28.7 Å². The topological polar surface area (TPSA) is 90.0 Å². The lowest BCUT2D eigenvalue weighted by Gasteiger charge is -2.34. The molecule has 2 aromatic carbocycles. The van der Waals surface area contributed by atoms with Crippen LogP contribution in [0.2, 0.25) is 0 Å². The molecular formula is C24H34N4O4S. The predicted molar refractivity (Wildman–Crippen MR) is 131 cm³/mol. The molecule has 0 saturated carbocycles. The van der Waals surface area contributed by atoms with Crippen LogP contribution < -0.4 is 9.62 Å². The standard InChI is InChI=1S/C24H34N4O4S/c1-6-22(24(30)25-7-2)27(17-20-14-12-11-13-19(20)3)23(29)18-28(33(31,32)26(4)5)21-15-9-8-10-16-21/h8-16,22H,6-7,17-18H2,1-5H3,(H,25,30)/t22-/m0/s1. The molecule has 0 bridgehead atoms. The zero-order valence-corrected chi connectivity index (χ0v) is 20.8. The van der Waals surface area contributed by atoms with Gasteiger partial charge in [-0.1, -0.05) is 49.4 Å². The fourth-order valence-electron chi connectivity index (χ4n) is 3.49. The van der Waals surface area contributed by atoms with E-state index in [4.69, 9.17) is 0 Å². The Morgan fingerprint density at radius 2 is 1.58 bits per heavy atom. The number of para-hydroxylation sites is 1. The van der Waals surface area contributed by atoms with E-state index in [1.807, 2.05) is 45.0 Å². The van der Waals surface area contributed by atoms with Crippen molar-refractivity contribution in [1.82, 2.24) is 14.5 Å². The maximum atomic E-state index is 13.6. The highest BCUT2D eigenvalue weighted by Crippen LogP contribution is 2.21. The summed E-state index contributed by atoms with van der Waals surface area (Å²) in [5.41, 5.74) is 2.26. The third-order valence-electron chi connectivity index (χ3n) is 5.40. The second kappa shape index (κ2) is 11.8. The summed E-state index contributed by atoms with van der Waals surface area (Å²) in [6, 6.07) is 15.4. The van der Waals surface area contributed by atoms with Gasteiger partial charge in [0.1, 0.15) is 12.6 Å².